The Bertz CT molecular complexity index is 1360. The summed E-state index contributed by atoms with van der Waals surface area (Å²) in [5.74, 6) is -3.70. The third kappa shape index (κ3) is 4.07. The largest absolute Gasteiger partial charge is 0.507 e. The van der Waals surface area contributed by atoms with Crippen molar-refractivity contribution in [1.29, 1.82) is 0 Å². The van der Waals surface area contributed by atoms with Gasteiger partial charge in [-0.05, 0) is 19.9 Å². The van der Waals surface area contributed by atoms with E-state index in [-0.39, 0.29) is 53.7 Å². The van der Waals surface area contributed by atoms with Crippen LogP contribution in [0.15, 0.2) is 18.2 Å². The van der Waals surface area contributed by atoms with Gasteiger partial charge in [0.2, 0.25) is 5.78 Å². The molecule has 11 heteroatoms. The first-order chi connectivity index (χ1) is 17.8. The van der Waals surface area contributed by atoms with Crippen molar-refractivity contribution >= 4 is 17.3 Å². The fourth-order valence-electron chi connectivity index (χ4n) is 5.91. The molecule has 0 spiro atoms. The highest BCUT2D eigenvalue weighted by molar-refractivity contribution is 6.31. The topological polar surface area (TPSA) is 197 Å². The van der Waals surface area contributed by atoms with Crippen LogP contribution in [0.2, 0.25) is 0 Å². The van der Waals surface area contributed by atoms with Crippen molar-refractivity contribution < 1.29 is 49.4 Å². The molecule has 0 amide bonds. The third-order valence-corrected chi connectivity index (χ3v) is 7.60. The highest BCUT2D eigenvalue weighted by Gasteiger charge is 2.48. The number of fused-ring (bicyclic) bond motifs is 3. The molecule has 2 unspecified atom stereocenters. The average molecular weight is 528 g/mol. The van der Waals surface area contributed by atoms with Gasteiger partial charge >= 0.3 is 0 Å². The van der Waals surface area contributed by atoms with Crippen molar-refractivity contribution in [3.05, 3.63) is 51.6 Å². The molecule has 1 aliphatic heterocycles. The second-order valence-electron chi connectivity index (χ2n) is 10.5. The summed E-state index contributed by atoms with van der Waals surface area (Å²) in [5.41, 5.74) is 2.84. The van der Waals surface area contributed by atoms with Gasteiger partial charge in [0.1, 0.15) is 23.0 Å². The molecule has 2 aliphatic carbocycles. The highest BCUT2D eigenvalue weighted by atomic mass is 16.7. The summed E-state index contributed by atoms with van der Waals surface area (Å²) in [5, 5.41) is 54.5. The van der Waals surface area contributed by atoms with Crippen molar-refractivity contribution in [2.75, 3.05) is 0 Å². The van der Waals surface area contributed by atoms with Crippen molar-refractivity contribution in [2.24, 2.45) is 5.73 Å². The highest BCUT2D eigenvalue weighted by Crippen LogP contribution is 2.52. The summed E-state index contributed by atoms with van der Waals surface area (Å²) in [6.45, 7) is 2.90. The lowest BCUT2D eigenvalue weighted by Gasteiger charge is -2.42. The molecule has 0 aromatic heterocycles. The van der Waals surface area contributed by atoms with Crippen LogP contribution in [-0.4, -0.2) is 73.0 Å². The minimum Gasteiger partial charge on any atom is -0.507 e. The summed E-state index contributed by atoms with van der Waals surface area (Å²) in [6, 6.07) is 3.25. The molecule has 38 heavy (non-hydrogen) atoms. The number of carbonyl (C=O) groups is 3. The predicted octanol–water partition coefficient (Wildman–Crippen LogP) is 1.12. The second-order valence-corrected chi connectivity index (χ2v) is 10.5. The maximum atomic E-state index is 13.4. The number of benzene rings is 2. The van der Waals surface area contributed by atoms with Crippen LogP contribution in [0.25, 0.3) is 0 Å². The molecule has 6 atom stereocenters. The van der Waals surface area contributed by atoms with E-state index in [9.17, 15) is 39.9 Å². The van der Waals surface area contributed by atoms with Gasteiger partial charge in [-0.1, -0.05) is 12.1 Å². The maximum absolute atomic E-state index is 13.4. The summed E-state index contributed by atoms with van der Waals surface area (Å²) in [7, 11) is 0. The molecule has 0 saturated carbocycles. The lowest BCUT2D eigenvalue weighted by atomic mass is 9.72. The van der Waals surface area contributed by atoms with Gasteiger partial charge in [-0.2, -0.15) is 0 Å². The van der Waals surface area contributed by atoms with Crippen LogP contribution >= 0.6 is 0 Å². The number of aliphatic hydroxyl groups excluding tert-OH is 1. The van der Waals surface area contributed by atoms with Crippen molar-refractivity contribution in [1.82, 2.24) is 0 Å². The van der Waals surface area contributed by atoms with Gasteiger partial charge in [0.05, 0.1) is 40.6 Å². The van der Waals surface area contributed by atoms with E-state index in [0.29, 0.717) is 0 Å². The first-order valence-corrected chi connectivity index (χ1v) is 12.3. The van der Waals surface area contributed by atoms with Gasteiger partial charge in [-0.3, -0.25) is 14.4 Å². The molecule has 3 aliphatic rings. The van der Waals surface area contributed by atoms with Crippen LogP contribution in [-0.2, 0) is 20.7 Å². The van der Waals surface area contributed by atoms with E-state index in [1.54, 1.807) is 6.92 Å². The van der Waals surface area contributed by atoms with Gasteiger partial charge in [0, 0.05) is 48.4 Å². The first kappa shape index (κ1) is 26.3. The minimum absolute atomic E-state index is 0.0366. The lowest BCUT2D eigenvalue weighted by molar-refractivity contribution is -0.247. The fourth-order valence-corrected chi connectivity index (χ4v) is 5.91. The van der Waals surface area contributed by atoms with Crippen molar-refractivity contribution in [3.63, 3.8) is 0 Å². The fraction of sp³-hybridized carbons (Fsp3) is 0.444. The second kappa shape index (κ2) is 9.14. The predicted molar refractivity (Wildman–Crippen MR) is 130 cm³/mol. The van der Waals surface area contributed by atoms with E-state index in [1.165, 1.54) is 25.1 Å². The quantitative estimate of drug-likeness (QED) is 0.266. The molecule has 7 N–H and O–H groups in total. The SMILES string of the molecule is CC(=O)CC1(O)Cc2c(O)c3c(c(O)c2C(O[C@H]2C[C@H](N)[C@H](O)[C@H](C)O2)C1)C(=O)c1c(O)cccc1C3=O. The van der Waals surface area contributed by atoms with Crippen LogP contribution in [0, 0.1) is 0 Å². The van der Waals surface area contributed by atoms with Crippen LogP contribution in [0.4, 0.5) is 0 Å². The molecule has 5 rings (SSSR count). The number of phenolic OH excluding ortho intramolecular Hbond substituents is 3. The standard InChI is InChI=1S/C27H29NO10/c1-10(29)7-27(36)8-13-19(16(9-27)38-17-6-14(28)22(31)11(2)37-17)26(35)21-20(24(13)33)23(32)12-4-3-5-15(30)18(12)25(21)34/h3-5,11,14,16-17,22,30-31,33,35-36H,6-9,28H2,1-2H3/t11-,14-,16?,17-,22+,27?/m0/s1. The maximum Gasteiger partial charge on any atom is 0.202 e. The van der Waals surface area contributed by atoms with Crippen LogP contribution < -0.4 is 5.73 Å². The number of ketones is 3. The summed E-state index contributed by atoms with van der Waals surface area (Å²) in [6.07, 6.45) is -4.54. The number of Topliss-reactive ketones (excluding diaryl/α,β-unsaturated/α-hetero) is 1. The Hall–Kier alpha value is -3.35. The normalized spacial score (nSPS) is 30.4. The van der Waals surface area contributed by atoms with Gasteiger partial charge in [-0.25, -0.2) is 0 Å². The van der Waals surface area contributed by atoms with Gasteiger partial charge in [0.15, 0.2) is 12.1 Å². The van der Waals surface area contributed by atoms with Gasteiger partial charge < -0.3 is 40.7 Å². The number of ether oxygens (including phenoxy) is 2. The molecular weight excluding hydrogens is 498 g/mol. The third-order valence-electron chi connectivity index (χ3n) is 7.60. The molecular formula is C27H29NO10. The van der Waals surface area contributed by atoms with Gasteiger partial charge in [-0.15, -0.1) is 0 Å². The Labute approximate surface area is 217 Å². The van der Waals surface area contributed by atoms with E-state index in [1.807, 2.05) is 0 Å². The average Bonchev–Trinajstić information content (AvgIpc) is 2.82. The number of rotatable bonds is 4. The summed E-state index contributed by atoms with van der Waals surface area (Å²) >= 11 is 0. The van der Waals surface area contributed by atoms with E-state index < -0.39 is 76.2 Å². The summed E-state index contributed by atoms with van der Waals surface area (Å²) in [4.78, 5) is 38.8. The van der Waals surface area contributed by atoms with Crippen LogP contribution in [0.5, 0.6) is 17.2 Å². The molecule has 0 radical (unpaired) electrons. The van der Waals surface area contributed by atoms with E-state index >= 15 is 0 Å². The van der Waals surface area contributed by atoms with E-state index in [0.717, 1.165) is 0 Å². The molecule has 0 bridgehead atoms. The minimum atomic E-state index is -1.71. The number of aliphatic hydroxyl groups is 2. The molecule has 2 aromatic rings. The smallest absolute Gasteiger partial charge is 0.202 e. The molecule has 202 valence electrons. The number of hydrogen-bond acceptors (Lipinski definition) is 11. The van der Waals surface area contributed by atoms with Crippen LogP contribution in [0.3, 0.4) is 0 Å². The van der Waals surface area contributed by atoms with Gasteiger partial charge in [0.25, 0.3) is 0 Å². The Balaban J connectivity index is 1.67. The van der Waals surface area contributed by atoms with Crippen LogP contribution in [0.1, 0.15) is 82.2 Å². The molecule has 1 saturated heterocycles. The Morgan fingerprint density at radius 1 is 1.13 bits per heavy atom. The molecule has 1 heterocycles. The number of carbonyl (C=O) groups excluding carboxylic acids is 3. The number of nitrogens with two attached hydrogens (primary N) is 1. The summed E-state index contributed by atoms with van der Waals surface area (Å²) < 4.78 is 11.8. The number of phenols is 3. The monoisotopic (exact) mass is 527 g/mol. The van der Waals surface area contributed by atoms with Crippen molar-refractivity contribution in [3.8, 4) is 17.2 Å². The number of hydrogen-bond donors (Lipinski definition) is 6. The molecule has 1 fully saturated rings. The lowest BCUT2D eigenvalue weighted by Crippen LogP contribution is -2.52. The zero-order chi connectivity index (χ0) is 27.7. The Morgan fingerprint density at radius 3 is 2.47 bits per heavy atom. The molecule has 11 nitrogen and oxygen atoms in total. The van der Waals surface area contributed by atoms with E-state index in [2.05, 4.69) is 0 Å². The van der Waals surface area contributed by atoms with E-state index in [4.69, 9.17) is 15.2 Å². The Kier molecular flexibility index (Phi) is 6.32. The molecule has 2 aromatic carbocycles. The zero-order valence-electron chi connectivity index (χ0n) is 20.8. The van der Waals surface area contributed by atoms with Crippen molar-refractivity contribution in [2.45, 2.75) is 75.8 Å². The Morgan fingerprint density at radius 2 is 1.82 bits per heavy atom. The first-order valence-electron chi connectivity index (χ1n) is 12.3. The zero-order valence-corrected chi connectivity index (χ0v) is 20.8. The number of aromatic hydroxyl groups is 3.